The van der Waals surface area contributed by atoms with E-state index in [2.05, 4.69) is 4.98 Å². The molecule has 0 spiro atoms. The lowest BCUT2D eigenvalue weighted by Gasteiger charge is -2.35. The summed E-state index contributed by atoms with van der Waals surface area (Å²) in [6, 6.07) is 7.92. The van der Waals surface area contributed by atoms with E-state index in [1.54, 1.807) is 0 Å². The molecule has 3 heterocycles. The average Bonchev–Trinajstić information content (AvgIpc) is 3.19. The van der Waals surface area contributed by atoms with E-state index in [1.165, 1.54) is 4.90 Å². The largest absolute Gasteiger partial charge is 0.361 e. The second-order valence-corrected chi connectivity index (χ2v) is 6.81. The molecule has 2 saturated heterocycles. The standard InChI is InChI=1S/C19H21N3O3/c23-17-5-6-18(24)22(17)14-7-9-21(10-8-14)19(25)11-13-12-20-16-4-2-1-3-15(13)16/h1-4,12,14,20H,5-11H2. The van der Waals surface area contributed by atoms with E-state index >= 15 is 0 Å². The molecule has 130 valence electrons. The second-order valence-electron chi connectivity index (χ2n) is 6.81. The van der Waals surface area contributed by atoms with Crippen molar-refractivity contribution in [3.8, 4) is 0 Å². The first kappa shape index (κ1) is 15.9. The molecule has 1 aromatic carbocycles. The van der Waals surface area contributed by atoms with Gasteiger partial charge < -0.3 is 9.88 Å². The zero-order chi connectivity index (χ0) is 17.4. The number of nitrogens with one attached hydrogen (secondary N) is 1. The molecule has 2 aliphatic rings. The molecule has 2 fully saturated rings. The normalized spacial score (nSPS) is 19.2. The molecular formula is C19H21N3O3. The highest BCUT2D eigenvalue weighted by Crippen LogP contribution is 2.24. The first-order valence-electron chi connectivity index (χ1n) is 8.81. The first-order chi connectivity index (χ1) is 12.1. The van der Waals surface area contributed by atoms with Gasteiger partial charge in [0.15, 0.2) is 0 Å². The van der Waals surface area contributed by atoms with Gasteiger partial charge in [-0.25, -0.2) is 0 Å². The zero-order valence-electron chi connectivity index (χ0n) is 14.0. The number of piperidine rings is 1. The number of likely N-dealkylation sites (tertiary alicyclic amines) is 2. The lowest BCUT2D eigenvalue weighted by molar-refractivity contribution is -0.142. The van der Waals surface area contributed by atoms with Gasteiger partial charge in [-0.2, -0.15) is 0 Å². The van der Waals surface area contributed by atoms with Crippen LogP contribution < -0.4 is 0 Å². The van der Waals surface area contributed by atoms with Gasteiger partial charge in [-0.3, -0.25) is 19.3 Å². The van der Waals surface area contributed by atoms with Gasteiger partial charge in [0, 0.05) is 49.1 Å². The third-order valence-corrected chi connectivity index (χ3v) is 5.29. The molecule has 0 unspecified atom stereocenters. The van der Waals surface area contributed by atoms with Crippen molar-refractivity contribution < 1.29 is 14.4 Å². The van der Waals surface area contributed by atoms with Gasteiger partial charge in [-0.05, 0) is 24.5 Å². The molecule has 0 atom stereocenters. The number of aromatic nitrogens is 1. The molecule has 3 amide bonds. The van der Waals surface area contributed by atoms with Crippen LogP contribution in [-0.2, 0) is 20.8 Å². The van der Waals surface area contributed by atoms with Crippen molar-refractivity contribution in [3.05, 3.63) is 36.0 Å². The third kappa shape index (κ3) is 2.92. The van der Waals surface area contributed by atoms with Crippen LogP contribution in [0.25, 0.3) is 10.9 Å². The number of amides is 3. The van der Waals surface area contributed by atoms with Crippen molar-refractivity contribution in [1.82, 2.24) is 14.8 Å². The Hall–Kier alpha value is -2.63. The number of benzene rings is 1. The van der Waals surface area contributed by atoms with Gasteiger partial charge in [0.2, 0.25) is 17.7 Å². The number of hydrogen-bond acceptors (Lipinski definition) is 3. The molecule has 1 aromatic heterocycles. The molecule has 6 heteroatoms. The highest BCUT2D eigenvalue weighted by molar-refractivity contribution is 6.02. The number of nitrogens with zero attached hydrogens (tertiary/aromatic N) is 2. The van der Waals surface area contributed by atoms with Crippen LogP contribution in [-0.4, -0.2) is 51.6 Å². The Bertz CT molecular complexity index is 817. The fourth-order valence-corrected chi connectivity index (χ4v) is 3.93. The van der Waals surface area contributed by atoms with Gasteiger partial charge >= 0.3 is 0 Å². The monoisotopic (exact) mass is 339 g/mol. The zero-order valence-corrected chi connectivity index (χ0v) is 14.0. The average molecular weight is 339 g/mol. The Morgan fingerprint density at radius 2 is 1.76 bits per heavy atom. The van der Waals surface area contributed by atoms with Crippen LogP contribution in [0.1, 0.15) is 31.2 Å². The summed E-state index contributed by atoms with van der Waals surface area (Å²) < 4.78 is 0. The quantitative estimate of drug-likeness (QED) is 0.868. The fraction of sp³-hybridized carbons (Fsp3) is 0.421. The number of carbonyl (C=O) groups is 3. The SMILES string of the molecule is O=C(Cc1c[nH]c2ccccc12)N1CCC(N2C(=O)CCC2=O)CC1. The van der Waals surface area contributed by atoms with Gasteiger partial charge in [0.25, 0.3) is 0 Å². The first-order valence-corrected chi connectivity index (χ1v) is 8.81. The summed E-state index contributed by atoms with van der Waals surface area (Å²) in [6.07, 6.45) is 4.29. The Morgan fingerprint density at radius 3 is 2.48 bits per heavy atom. The van der Waals surface area contributed by atoms with Crippen molar-refractivity contribution in [1.29, 1.82) is 0 Å². The summed E-state index contributed by atoms with van der Waals surface area (Å²) in [4.78, 5) is 42.8. The van der Waals surface area contributed by atoms with Crippen molar-refractivity contribution in [2.24, 2.45) is 0 Å². The van der Waals surface area contributed by atoms with E-state index in [0.29, 0.717) is 45.2 Å². The van der Waals surface area contributed by atoms with Crippen molar-refractivity contribution >= 4 is 28.6 Å². The Balaban J connectivity index is 1.38. The summed E-state index contributed by atoms with van der Waals surface area (Å²) in [7, 11) is 0. The summed E-state index contributed by atoms with van der Waals surface area (Å²) >= 11 is 0. The maximum absolute atomic E-state index is 12.6. The van der Waals surface area contributed by atoms with Gasteiger partial charge in [0.1, 0.15) is 0 Å². The van der Waals surface area contributed by atoms with Gasteiger partial charge in [0.05, 0.1) is 6.42 Å². The predicted octanol–water partition coefficient (Wildman–Crippen LogP) is 1.85. The maximum Gasteiger partial charge on any atom is 0.229 e. The van der Waals surface area contributed by atoms with E-state index < -0.39 is 0 Å². The van der Waals surface area contributed by atoms with Crippen LogP contribution in [0.5, 0.6) is 0 Å². The number of para-hydroxylation sites is 1. The molecule has 1 N–H and O–H groups in total. The van der Waals surface area contributed by atoms with Crippen molar-refractivity contribution in [2.75, 3.05) is 13.1 Å². The van der Waals surface area contributed by atoms with Crippen LogP contribution in [0.4, 0.5) is 0 Å². The molecule has 0 radical (unpaired) electrons. The van der Waals surface area contributed by atoms with E-state index in [9.17, 15) is 14.4 Å². The lowest BCUT2D eigenvalue weighted by atomic mass is 10.0. The molecule has 0 bridgehead atoms. The van der Waals surface area contributed by atoms with E-state index in [0.717, 1.165) is 16.5 Å². The molecule has 2 aromatic rings. The highest BCUT2D eigenvalue weighted by Gasteiger charge is 2.37. The predicted molar refractivity (Wildman–Crippen MR) is 92.7 cm³/mol. The number of H-pyrrole nitrogens is 1. The minimum absolute atomic E-state index is 0.0420. The molecule has 0 saturated carbocycles. The number of imide groups is 1. The number of aromatic amines is 1. The Labute approximate surface area is 145 Å². The smallest absolute Gasteiger partial charge is 0.229 e. The topological polar surface area (TPSA) is 73.5 Å². The number of rotatable bonds is 3. The molecule has 25 heavy (non-hydrogen) atoms. The number of fused-ring (bicyclic) bond motifs is 1. The lowest BCUT2D eigenvalue weighted by Crippen LogP contribution is -2.48. The minimum atomic E-state index is -0.0615. The van der Waals surface area contributed by atoms with Crippen LogP contribution in [0.3, 0.4) is 0 Å². The number of hydrogen-bond donors (Lipinski definition) is 1. The Morgan fingerprint density at radius 1 is 1.08 bits per heavy atom. The molecule has 6 nitrogen and oxygen atoms in total. The molecular weight excluding hydrogens is 318 g/mol. The van der Waals surface area contributed by atoms with Crippen molar-refractivity contribution in [3.63, 3.8) is 0 Å². The fourth-order valence-electron chi connectivity index (χ4n) is 3.93. The van der Waals surface area contributed by atoms with E-state index in [1.807, 2.05) is 35.4 Å². The van der Waals surface area contributed by atoms with Crippen molar-refractivity contribution in [2.45, 2.75) is 38.1 Å². The molecule has 0 aliphatic carbocycles. The van der Waals surface area contributed by atoms with Gasteiger partial charge in [-0.1, -0.05) is 18.2 Å². The van der Waals surface area contributed by atoms with E-state index in [-0.39, 0.29) is 23.8 Å². The van der Waals surface area contributed by atoms with Crippen LogP contribution in [0, 0.1) is 0 Å². The number of carbonyl (C=O) groups excluding carboxylic acids is 3. The summed E-state index contributed by atoms with van der Waals surface area (Å²) in [5.41, 5.74) is 2.04. The molecule has 2 aliphatic heterocycles. The summed E-state index contributed by atoms with van der Waals surface area (Å²) in [5, 5.41) is 1.08. The van der Waals surface area contributed by atoms with Gasteiger partial charge in [-0.15, -0.1) is 0 Å². The van der Waals surface area contributed by atoms with E-state index in [4.69, 9.17) is 0 Å². The van der Waals surface area contributed by atoms with Crippen LogP contribution in [0.15, 0.2) is 30.5 Å². The minimum Gasteiger partial charge on any atom is -0.361 e. The second kappa shape index (κ2) is 6.35. The molecule has 4 rings (SSSR count). The van der Waals surface area contributed by atoms with Crippen LogP contribution >= 0.6 is 0 Å². The third-order valence-electron chi connectivity index (χ3n) is 5.29. The maximum atomic E-state index is 12.6. The highest BCUT2D eigenvalue weighted by atomic mass is 16.2. The summed E-state index contributed by atoms with van der Waals surface area (Å²) in [6.45, 7) is 1.20. The Kier molecular flexibility index (Phi) is 4.03. The van der Waals surface area contributed by atoms with Crippen LogP contribution in [0.2, 0.25) is 0 Å². The summed E-state index contributed by atoms with van der Waals surface area (Å²) in [5.74, 6) is -0.0237.